The van der Waals surface area contributed by atoms with Crippen molar-refractivity contribution in [1.82, 2.24) is 4.90 Å². The van der Waals surface area contributed by atoms with Crippen LogP contribution in [0, 0.1) is 0 Å². The van der Waals surface area contributed by atoms with Crippen LogP contribution in [0.3, 0.4) is 0 Å². The Hall–Kier alpha value is -3.50. The minimum atomic E-state index is -0.590. The van der Waals surface area contributed by atoms with E-state index >= 15 is 0 Å². The second-order valence-electron chi connectivity index (χ2n) is 8.63. The van der Waals surface area contributed by atoms with Crippen molar-refractivity contribution < 1.29 is 9.53 Å². The van der Waals surface area contributed by atoms with Gasteiger partial charge in [0.25, 0.3) is 0 Å². The van der Waals surface area contributed by atoms with Gasteiger partial charge in [0.2, 0.25) is 0 Å². The molecule has 0 aliphatic carbocycles. The summed E-state index contributed by atoms with van der Waals surface area (Å²) in [6.45, 7) is 5.86. The Kier molecular flexibility index (Phi) is 6.83. The van der Waals surface area contributed by atoms with Crippen LogP contribution in [0.15, 0.2) is 77.9 Å². The minimum Gasteiger partial charge on any atom is -0.444 e. The van der Waals surface area contributed by atoms with Crippen LogP contribution in [0.5, 0.6) is 0 Å². The molecule has 3 aromatic carbocycles. The molecule has 3 rings (SSSR count). The molecule has 160 valence electrons. The fraction of sp³-hybridized carbons (Fsp3) is 0.320. The predicted octanol–water partition coefficient (Wildman–Crippen LogP) is 6.84. The number of ether oxygens (including phenoxy) is 1. The van der Waals surface area contributed by atoms with Gasteiger partial charge in [0, 0.05) is 24.4 Å². The summed E-state index contributed by atoms with van der Waals surface area (Å²) in [7, 11) is 1.71. The molecule has 31 heavy (non-hydrogen) atoms. The molecular formula is C25H28N4O2. The molecule has 0 N–H and O–H groups in total. The quantitative estimate of drug-likeness (QED) is 0.250. The van der Waals surface area contributed by atoms with Gasteiger partial charge < -0.3 is 9.64 Å². The molecule has 0 aliphatic rings. The summed E-state index contributed by atoms with van der Waals surface area (Å²) in [5.74, 6) is -0.250. The van der Waals surface area contributed by atoms with Crippen LogP contribution in [0.1, 0.15) is 43.9 Å². The van der Waals surface area contributed by atoms with Gasteiger partial charge in [-0.2, -0.15) is 0 Å². The topological polar surface area (TPSA) is 78.3 Å². The van der Waals surface area contributed by atoms with Crippen LogP contribution in [0.2, 0.25) is 0 Å². The number of nitrogens with zero attached hydrogens (tertiary/aromatic N) is 4. The SMILES string of the molecule is CN(C[C@@H](c1ccc2ccccc2c1)[C@H](N=[N+]=[N-])c1ccccc1)C(=O)OC(C)(C)C. The highest BCUT2D eigenvalue weighted by molar-refractivity contribution is 5.83. The molecule has 0 radical (unpaired) electrons. The van der Waals surface area contributed by atoms with Crippen molar-refractivity contribution in [2.45, 2.75) is 38.3 Å². The number of likely N-dealkylation sites (N-methyl/N-ethyl adjacent to an activating group) is 1. The summed E-state index contributed by atoms with van der Waals surface area (Å²) in [5, 5.41) is 6.37. The van der Waals surface area contributed by atoms with Crippen molar-refractivity contribution in [3.05, 3.63) is 94.4 Å². The van der Waals surface area contributed by atoms with Gasteiger partial charge >= 0.3 is 6.09 Å². The molecule has 0 unspecified atom stereocenters. The Morgan fingerprint density at radius 2 is 1.65 bits per heavy atom. The standard InChI is InChI=1S/C25H28N4O2/c1-25(2,3)31-24(30)29(4)17-22(23(27-28-26)19-11-6-5-7-12-19)21-15-14-18-10-8-9-13-20(18)16-21/h5-16,22-23H,17H2,1-4H3/t22-,23+/m0/s1. The number of amides is 1. The highest BCUT2D eigenvalue weighted by Gasteiger charge is 2.29. The van der Waals surface area contributed by atoms with Crippen molar-refractivity contribution in [3.8, 4) is 0 Å². The second-order valence-corrected chi connectivity index (χ2v) is 8.63. The average molecular weight is 417 g/mol. The maximum absolute atomic E-state index is 12.7. The zero-order valence-corrected chi connectivity index (χ0v) is 18.4. The third-order valence-corrected chi connectivity index (χ3v) is 5.08. The van der Waals surface area contributed by atoms with Crippen LogP contribution in [-0.4, -0.2) is 30.2 Å². The Balaban J connectivity index is 2.03. The molecule has 2 atom stereocenters. The van der Waals surface area contributed by atoms with E-state index in [0.29, 0.717) is 6.54 Å². The van der Waals surface area contributed by atoms with Gasteiger partial charge in [-0.05, 0) is 48.2 Å². The van der Waals surface area contributed by atoms with Crippen molar-refractivity contribution in [3.63, 3.8) is 0 Å². The lowest BCUT2D eigenvalue weighted by Gasteiger charge is -2.31. The van der Waals surface area contributed by atoms with Crippen LogP contribution >= 0.6 is 0 Å². The Bertz CT molecular complexity index is 1090. The maximum Gasteiger partial charge on any atom is 0.410 e. The molecule has 0 spiro atoms. The summed E-state index contributed by atoms with van der Waals surface area (Å²) in [6.07, 6.45) is -0.411. The van der Waals surface area contributed by atoms with Crippen LogP contribution in [0.4, 0.5) is 4.79 Å². The van der Waals surface area contributed by atoms with Crippen molar-refractivity contribution in [1.29, 1.82) is 0 Å². The number of hydrogen-bond donors (Lipinski definition) is 0. The molecule has 0 fully saturated rings. The van der Waals surface area contributed by atoms with Gasteiger partial charge in [0.05, 0.1) is 6.04 Å². The van der Waals surface area contributed by atoms with Gasteiger partial charge in [-0.15, -0.1) is 0 Å². The summed E-state index contributed by atoms with van der Waals surface area (Å²) in [5.41, 5.74) is 10.6. The third-order valence-electron chi connectivity index (χ3n) is 5.08. The van der Waals surface area contributed by atoms with E-state index in [2.05, 4.69) is 34.3 Å². The normalized spacial score (nSPS) is 13.2. The Morgan fingerprint density at radius 1 is 1.00 bits per heavy atom. The summed E-state index contributed by atoms with van der Waals surface area (Å²) in [4.78, 5) is 17.3. The molecule has 0 aromatic heterocycles. The molecule has 0 heterocycles. The Labute approximate surface area is 183 Å². The molecule has 0 aliphatic heterocycles. The largest absolute Gasteiger partial charge is 0.444 e. The van der Waals surface area contributed by atoms with E-state index in [1.54, 1.807) is 11.9 Å². The highest BCUT2D eigenvalue weighted by atomic mass is 16.6. The molecule has 6 heteroatoms. The lowest BCUT2D eigenvalue weighted by Crippen LogP contribution is -2.37. The zero-order valence-electron chi connectivity index (χ0n) is 18.4. The minimum absolute atomic E-state index is 0.250. The molecule has 0 saturated heterocycles. The van der Waals surface area contributed by atoms with Gasteiger partial charge in [0.1, 0.15) is 5.60 Å². The third kappa shape index (κ3) is 5.77. The number of carbonyl (C=O) groups excluding carboxylic acids is 1. The van der Waals surface area contributed by atoms with E-state index in [1.165, 1.54) is 0 Å². The molecular weight excluding hydrogens is 388 g/mol. The van der Waals surface area contributed by atoms with Gasteiger partial charge in [-0.3, -0.25) is 0 Å². The lowest BCUT2D eigenvalue weighted by molar-refractivity contribution is 0.0284. The summed E-state index contributed by atoms with van der Waals surface area (Å²) < 4.78 is 5.54. The first-order chi connectivity index (χ1) is 14.8. The average Bonchev–Trinajstić information content (AvgIpc) is 2.75. The maximum atomic E-state index is 12.7. The second kappa shape index (κ2) is 9.54. The molecule has 1 amide bonds. The van der Waals surface area contributed by atoms with E-state index in [9.17, 15) is 10.3 Å². The number of benzene rings is 3. The van der Waals surface area contributed by atoms with E-state index in [0.717, 1.165) is 21.9 Å². The first-order valence-corrected chi connectivity index (χ1v) is 10.3. The number of azide groups is 1. The molecule has 3 aromatic rings. The number of hydrogen-bond acceptors (Lipinski definition) is 3. The summed E-state index contributed by atoms with van der Waals surface area (Å²) >= 11 is 0. The first-order valence-electron chi connectivity index (χ1n) is 10.3. The van der Waals surface area contributed by atoms with Crippen LogP contribution in [0.25, 0.3) is 21.2 Å². The van der Waals surface area contributed by atoms with Gasteiger partial charge in [-0.25, -0.2) is 4.79 Å². The zero-order chi connectivity index (χ0) is 22.4. The van der Waals surface area contributed by atoms with E-state index in [4.69, 9.17) is 4.74 Å². The summed E-state index contributed by atoms with van der Waals surface area (Å²) in [6, 6.07) is 23.5. The van der Waals surface area contributed by atoms with E-state index in [-0.39, 0.29) is 5.92 Å². The van der Waals surface area contributed by atoms with Gasteiger partial charge in [0.15, 0.2) is 0 Å². The van der Waals surface area contributed by atoms with Crippen molar-refractivity contribution >= 4 is 16.9 Å². The fourth-order valence-corrected chi connectivity index (χ4v) is 3.62. The van der Waals surface area contributed by atoms with Gasteiger partial charge in [-0.1, -0.05) is 77.9 Å². The fourth-order valence-electron chi connectivity index (χ4n) is 3.62. The number of fused-ring (bicyclic) bond motifs is 1. The monoisotopic (exact) mass is 416 g/mol. The molecule has 0 saturated carbocycles. The Morgan fingerprint density at radius 3 is 2.29 bits per heavy atom. The molecule has 0 bridgehead atoms. The van der Waals surface area contributed by atoms with Crippen molar-refractivity contribution in [2.24, 2.45) is 5.11 Å². The lowest BCUT2D eigenvalue weighted by atomic mass is 9.86. The van der Waals surface area contributed by atoms with E-state index in [1.807, 2.05) is 69.3 Å². The number of carbonyl (C=O) groups is 1. The number of rotatable bonds is 6. The smallest absolute Gasteiger partial charge is 0.410 e. The van der Waals surface area contributed by atoms with Crippen LogP contribution in [-0.2, 0) is 4.74 Å². The van der Waals surface area contributed by atoms with E-state index < -0.39 is 17.7 Å². The highest BCUT2D eigenvalue weighted by Crippen LogP contribution is 2.36. The van der Waals surface area contributed by atoms with Crippen molar-refractivity contribution in [2.75, 3.05) is 13.6 Å². The molecule has 6 nitrogen and oxygen atoms in total. The first kappa shape index (κ1) is 22.2. The van der Waals surface area contributed by atoms with Crippen LogP contribution < -0.4 is 0 Å². The predicted molar refractivity (Wildman–Crippen MR) is 124 cm³/mol.